The van der Waals surface area contributed by atoms with Crippen LogP contribution in [0, 0.1) is 0 Å². The Kier molecular flexibility index (Phi) is 7.57. The normalized spacial score (nSPS) is 18.2. The highest BCUT2D eigenvalue weighted by Crippen LogP contribution is 2.27. The van der Waals surface area contributed by atoms with Crippen LogP contribution in [0.2, 0.25) is 5.02 Å². The van der Waals surface area contributed by atoms with Gasteiger partial charge in [-0.2, -0.15) is 0 Å². The molecule has 1 aliphatic heterocycles. The minimum absolute atomic E-state index is 0.0204. The molecule has 1 amide bonds. The third-order valence-corrected chi connectivity index (χ3v) is 8.25. The topological polar surface area (TPSA) is 80.2 Å². The Morgan fingerprint density at radius 2 is 1.91 bits per heavy atom. The van der Waals surface area contributed by atoms with Gasteiger partial charge < -0.3 is 4.90 Å². The first kappa shape index (κ1) is 25.0. The lowest BCUT2D eigenvalue weighted by Crippen LogP contribution is -2.41. The van der Waals surface area contributed by atoms with E-state index in [1.54, 1.807) is 4.90 Å². The monoisotopic (exact) mass is 495 g/mol. The van der Waals surface area contributed by atoms with Gasteiger partial charge in [0.1, 0.15) is 0 Å². The van der Waals surface area contributed by atoms with Crippen molar-refractivity contribution in [3.63, 3.8) is 0 Å². The Morgan fingerprint density at radius 1 is 1.25 bits per heavy atom. The lowest BCUT2D eigenvalue weighted by Gasteiger charge is -2.29. The van der Waals surface area contributed by atoms with Crippen molar-refractivity contribution in [2.75, 3.05) is 11.5 Å². The Morgan fingerprint density at radius 3 is 2.44 bits per heavy atom. The van der Waals surface area contributed by atoms with Crippen molar-refractivity contribution in [2.24, 2.45) is 0 Å². The number of carbonyl (C=O) groups is 1. The van der Waals surface area contributed by atoms with Crippen molar-refractivity contribution in [1.82, 2.24) is 14.9 Å². The van der Waals surface area contributed by atoms with Crippen molar-refractivity contribution in [3.05, 3.63) is 52.3 Å². The van der Waals surface area contributed by atoms with E-state index in [2.05, 4.69) is 42.9 Å². The predicted molar refractivity (Wildman–Crippen MR) is 130 cm³/mol. The summed E-state index contributed by atoms with van der Waals surface area (Å²) in [6.07, 6.45) is 1.85. The maximum Gasteiger partial charge on any atom is 0.274 e. The zero-order chi connectivity index (χ0) is 23.7. The lowest BCUT2D eigenvalue weighted by atomic mass is 9.86. The Labute approximate surface area is 200 Å². The zero-order valence-corrected chi connectivity index (χ0v) is 21.5. The van der Waals surface area contributed by atoms with Gasteiger partial charge in [-0.05, 0) is 23.0 Å². The average Bonchev–Trinajstić information content (AvgIpc) is 3.06. The third-order valence-electron chi connectivity index (χ3n) is 5.35. The summed E-state index contributed by atoms with van der Waals surface area (Å²) in [4.78, 5) is 23.8. The van der Waals surface area contributed by atoms with Crippen molar-refractivity contribution in [1.29, 1.82) is 0 Å². The van der Waals surface area contributed by atoms with Crippen LogP contribution in [0.4, 0.5) is 0 Å². The van der Waals surface area contributed by atoms with Crippen LogP contribution >= 0.6 is 23.4 Å². The van der Waals surface area contributed by atoms with E-state index in [1.807, 2.05) is 26.0 Å². The molecule has 0 N–H and O–H groups in total. The summed E-state index contributed by atoms with van der Waals surface area (Å²) in [6.45, 7) is 10.7. The number of benzene rings is 1. The average molecular weight is 496 g/mol. The Bertz CT molecular complexity index is 1080. The SMILES string of the molecule is CC(C)Sc1ncc(Cl)c(C(=O)N(Cc2ccc(C(C)(C)C)cc2)[C@@H]2CCS(=O)(=O)C2)n1. The summed E-state index contributed by atoms with van der Waals surface area (Å²) in [6, 6.07) is 7.68. The van der Waals surface area contributed by atoms with Crippen LogP contribution in [0.15, 0.2) is 35.6 Å². The first-order valence-electron chi connectivity index (χ1n) is 10.7. The molecule has 1 aromatic heterocycles. The van der Waals surface area contributed by atoms with Gasteiger partial charge in [-0.1, -0.05) is 82.2 Å². The smallest absolute Gasteiger partial charge is 0.274 e. The van der Waals surface area contributed by atoms with Gasteiger partial charge in [-0.25, -0.2) is 18.4 Å². The maximum atomic E-state index is 13.6. The standard InChI is InChI=1S/C23H30ClN3O3S2/c1-15(2)31-22-25-12-19(24)20(26-22)21(28)27(18-10-11-32(29,30)14-18)13-16-6-8-17(9-7-16)23(3,4)5/h6-9,12,15,18H,10-11,13-14H2,1-5H3/t18-/m1/s1. The Balaban J connectivity index is 1.94. The molecule has 6 nitrogen and oxygen atoms in total. The number of hydrogen-bond acceptors (Lipinski definition) is 6. The van der Waals surface area contributed by atoms with Crippen LogP contribution < -0.4 is 0 Å². The van der Waals surface area contributed by atoms with E-state index >= 15 is 0 Å². The van der Waals surface area contributed by atoms with E-state index in [4.69, 9.17) is 11.6 Å². The minimum atomic E-state index is -3.17. The first-order valence-corrected chi connectivity index (χ1v) is 13.7. The molecule has 0 aliphatic carbocycles. The van der Waals surface area contributed by atoms with Crippen LogP contribution in [0.1, 0.15) is 62.7 Å². The van der Waals surface area contributed by atoms with Crippen molar-refractivity contribution >= 4 is 39.1 Å². The molecular formula is C23H30ClN3O3S2. The molecule has 32 heavy (non-hydrogen) atoms. The van der Waals surface area contributed by atoms with E-state index in [0.717, 1.165) is 5.56 Å². The number of carbonyl (C=O) groups excluding carboxylic acids is 1. The molecule has 0 spiro atoms. The van der Waals surface area contributed by atoms with Crippen molar-refractivity contribution in [2.45, 2.75) is 69.4 Å². The minimum Gasteiger partial charge on any atom is -0.329 e. The van der Waals surface area contributed by atoms with Crippen molar-refractivity contribution in [3.8, 4) is 0 Å². The summed E-state index contributed by atoms with van der Waals surface area (Å²) in [5.74, 6) is -0.337. The molecule has 0 saturated carbocycles. The number of thioether (sulfide) groups is 1. The zero-order valence-electron chi connectivity index (χ0n) is 19.1. The van der Waals surface area contributed by atoms with Crippen LogP contribution in [-0.4, -0.2) is 52.0 Å². The molecule has 0 bridgehead atoms. The molecule has 1 fully saturated rings. The van der Waals surface area contributed by atoms with Gasteiger partial charge in [-0.15, -0.1) is 0 Å². The fourth-order valence-corrected chi connectivity index (χ4v) is 6.18. The van der Waals surface area contributed by atoms with Crippen LogP contribution in [0.25, 0.3) is 0 Å². The van der Waals surface area contributed by atoms with Gasteiger partial charge in [0.05, 0.1) is 22.7 Å². The molecule has 1 atom stereocenters. The number of aromatic nitrogens is 2. The summed E-state index contributed by atoms with van der Waals surface area (Å²) in [7, 11) is -3.17. The molecule has 1 aromatic carbocycles. The molecular weight excluding hydrogens is 466 g/mol. The van der Waals surface area contributed by atoms with E-state index < -0.39 is 15.9 Å². The molecule has 3 rings (SSSR count). The van der Waals surface area contributed by atoms with Crippen LogP contribution in [-0.2, 0) is 21.8 Å². The van der Waals surface area contributed by atoms with E-state index in [9.17, 15) is 13.2 Å². The predicted octanol–water partition coefficient (Wildman–Crippen LogP) is 4.76. The first-order chi connectivity index (χ1) is 14.9. The Hall–Kier alpha value is -1.64. The number of hydrogen-bond donors (Lipinski definition) is 0. The second kappa shape index (κ2) is 9.69. The highest BCUT2D eigenvalue weighted by atomic mass is 35.5. The number of sulfone groups is 1. The summed E-state index contributed by atoms with van der Waals surface area (Å²) < 4.78 is 24.3. The van der Waals surface area contributed by atoms with E-state index in [1.165, 1.54) is 23.5 Å². The van der Waals surface area contributed by atoms with Crippen LogP contribution in [0.5, 0.6) is 0 Å². The van der Waals surface area contributed by atoms with Gasteiger partial charge in [-0.3, -0.25) is 4.79 Å². The summed E-state index contributed by atoms with van der Waals surface area (Å²) >= 11 is 7.75. The molecule has 9 heteroatoms. The highest BCUT2D eigenvalue weighted by molar-refractivity contribution is 7.99. The molecule has 0 radical (unpaired) electrons. The molecule has 174 valence electrons. The maximum absolute atomic E-state index is 13.6. The largest absolute Gasteiger partial charge is 0.329 e. The third kappa shape index (κ3) is 6.23. The van der Waals surface area contributed by atoms with Gasteiger partial charge in [0.25, 0.3) is 5.91 Å². The summed E-state index contributed by atoms with van der Waals surface area (Å²) in [5.41, 5.74) is 2.25. The van der Waals surface area contributed by atoms with Crippen molar-refractivity contribution < 1.29 is 13.2 Å². The summed E-state index contributed by atoms with van der Waals surface area (Å²) in [5, 5.41) is 0.884. The fraction of sp³-hybridized carbons (Fsp3) is 0.522. The van der Waals surface area contributed by atoms with Gasteiger partial charge in [0.15, 0.2) is 20.7 Å². The second-order valence-electron chi connectivity index (χ2n) is 9.45. The molecule has 1 aliphatic rings. The number of rotatable bonds is 6. The number of amides is 1. The molecule has 1 saturated heterocycles. The number of nitrogens with zero attached hydrogens (tertiary/aromatic N) is 3. The van der Waals surface area contributed by atoms with Crippen LogP contribution in [0.3, 0.4) is 0 Å². The highest BCUT2D eigenvalue weighted by Gasteiger charge is 2.36. The van der Waals surface area contributed by atoms with Gasteiger partial charge >= 0.3 is 0 Å². The molecule has 2 heterocycles. The van der Waals surface area contributed by atoms with Gasteiger partial charge in [0.2, 0.25) is 0 Å². The quantitative estimate of drug-likeness (QED) is 0.424. The fourth-order valence-electron chi connectivity index (χ4n) is 3.60. The van der Waals surface area contributed by atoms with Gasteiger partial charge in [0, 0.05) is 17.8 Å². The molecule has 2 aromatic rings. The molecule has 0 unspecified atom stereocenters. The second-order valence-corrected chi connectivity index (χ2v) is 13.6. The van der Waals surface area contributed by atoms with E-state index in [-0.39, 0.29) is 45.3 Å². The van der Waals surface area contributed by atoms with E-state index in [0.29, 0.717) is 11.6 Å². The number of halogens is 1. The lowest BCUT2D eigenvalue weighted by molar-refractivity contribution is 0.0674.